The average Bonchev–Trinajstić information content (AvgIpc) is 2.82. The number of hydrogen-bond donors (Lipinski definition) is 1. The van der Waals surface area contributed by atoms with E-state index in [-0.39, 0.29) is 17.9 Å². The third-order valence-corrected chi connectivity index (χ3v) is 4.87. The summed E-state index contributed by atoms with van der Waals surface area (Å²) < 4.78 is 29.6. The number of amides is 1. The third-order valence-electron chi connectivity index (χ3n) is 4.87. The summed E-state index contributed by atoms with van der Waals surface area (Å²) >= 11 is 0. The number of benzene rings is 3. The maximum atomic E-state index is 13.1. The molecule has 0 aromatic heterocycles. The van der Waals surface area contributed by atoms with Crippen LogP contribution < -0.4 is 19.6 Å². The lowest BCUT2D eigenvalue weighted by Crippen LogP contribution is -2.24. The van der Waals surface area contributed by atoms with E-state index in [0.29, 0.717) is 23.7 Å². The van der Waals surface area contributed by atoms with Gasteiger partial charge in [0, 0.05) is 0 Å². The van der Waals surface area contributed by atoms with E-state index in [2.05, 4.69) is 10.5 Å². The number of carbonyl (C=O) groups is 2. The first-order valence-electron chi connectivity index (χ1n) is 10.6. The van der Waals surface area contributed by atoms with Gasteiger partial charge in [0.25, 0.3) is 5.91 Å². The fraction of sp³-hybridized carbons (Fsp3) is 0.192. The molecule has 0 aliphatic heterocycles. The number of esters is 1. The van der Waals surface area contributed by atoms with Gasteiger partial charge in [-0.15, -0.1) is 0 Å². The van der Waals surface area contributed by atoms with Crippen molar-refractivity contribution in [2.45, 2.75) is 20.8 Å². The Morgan fingerprint density at radius 3 is 2.47 bits per heavy atom. The summed E-state index contributed by atoms with van der Waals surface area (Å²) in [5.41, 5.74) is 5.28. The van der Waals surface area contributed by atoms with E-state index < -0.39 is 17.7 Å². The zero-order valence-electron chi connectivity index (χ0n) is 19.1. The van der Waals surface area contributed by atoms with Crippen LogP contribution in [0.2, 0.25) is 0 Å². The predicted octanol–water partition coefficient (Wildman–Crippen LogP) is 4.59. The summed E-state index contributed by atoms with van der Waals surface area (Å²) in [6, 6.07) is 15.5. The number of nitrogens with one attached hydrogen (secondary N) is 1. The summed E-state index contributed by atoms with van der Waals surface area (Å²) in [6.45, 7) is 5.86. The molecule has 0 aliphatic carbocycles. The fourth-order valence-electron chi connectivity index (χ4n) is 2.94. The normalized spacial score (nSPS) is 10.7. The van der Waals surface area contributed by atoms with E-state index in [9.17, 15) is 14.0 Å². The Morgan fingerprint density at radius 2 is 1.74 bits per heavy atom. The van der Waals surface area contributed by atoms with E-state index in [1.165, 1.54) is 30.5 Å². The average molecular weight is 464 g/mol. The molecule has 3 rings (SSSR count). The summed E-state index contributed by atoms with van der Waals surface area (Å²) in [5, 5.41) is 3.94. The van der Waals surface area contributed by atoms with Gasteiger partial charge in [0.05, 0.1) is 18.4 Å². The number of rotatable bonds is 9. The van der Waals surface area contributed by atoms with Crippen molar-refractivity contribution < 1.29 is 28.2 Å². The molecule has 1 N–H and O–H groups in total. The molecule has 8 heteroatoms. The molecule has 0 bridgehead atoms. The first kappa shape index (κ1) is 24.4. The molecule has 0 spiro atoms. The van der Waals surface area contributed by atoms with E-state index >= 15 is 0 Å². The molecule has 3 aromatic rings. The molecular weight excluding hydrogens is 439 g/mol. The fourth-order valence-corrected chi connectivity index (χ4v) is 2.94. The highest BCUT2D eigenvalue weighted by Crippen LogP contribution is 2.29. The topological polar surface area (TPSA) is 86.2 Å². The molecule has 3 aromatic carbocycles. The minimum absolute atomic E-state index is 0.176. The number of aryl methyl sites for hydroxylation is 1. The first-order chi connectivity index (χ1) is 16.4. The molecule has 0 heterocycles. The quantitative estimate of drug-likeness (QED) is 0.217. The number of hydrazone groups is 1. The largest absolute Gasteiger partial charge is 0.490 e. The number of nitrogens with zero attached hydrogens (tertiary/aromatic N) is 1. The maximum absolute atomic E-state index is 13.1. The van der Waals surface area contributed by atoms with Crippen molar-refractivity contribution in [2.75, 3.05) is 13.2 Å². The number of carbonyl (C=O) groups excluding carboxylic acids is 2. The van der Waals surface area contributed by atoms with Crippen LogP contribution in [0.4, 0.5) is 4.39 Å². The van der Waals surface area contributed by atoms with Crippen molar-refractivity contribution >= 4 is 18.1 Å². The summed E-state index contributed by atoms with van der Waals surface area (Å²) in [6.07, 6.45) is 1.43. The van der Waals surface area contributed by atoms with Crippen molar-refractivity contribution in [3.05, 3.63) is 88.7 Å². The van der Waals surface area contributed by atoms with Crippen LogP contribution in [-0.4, -0.2) is 31.3 Å². The SMILES string of the molecule is CCOc1cc(/C=N\NC(=O)COc2cccc(C)c2C)ccc1OC(=O)c1ccc(F)cc1. The Balaban J connectivity index is 1.60. The molecule has 0 fully saturated rings. The summed E-state index contributed by atoms with van der Waals surface area (Å²) in [5.74, 6) is -0.318. The molecule has 0 unspecified atom stereocenters. The molecule has 0 atom stereocenters. The van der Waals surface area contributed by atoms with Crippen LogP contribution in [-0.2, 0) is 4.79 Å². The standard InChI is InChI=1S/C26H25FN2O5/c1-4-32-24-14-19(8-13-23(24)34-26(31)20-9-11-21(27)12-10-20)15-28-29-25(30)16-33-22-7-5-6-17(2)18(22)3/h5-15H,4,16H2,1-3H3,(H,29,30)/b28-15-. The smallest absolute Gasteiger partial charge is 0.343 e. The van der Waals surface area contributed by atoms with Crippen molar-refractivity contribution in [2.24, 2.45) is 5.10 Å². The van der Waals surface area contributed by atoms with Gasteiger partial charge in [-0.3, -0.25) is 4.79 Å². The van der Waals surface area contributed by atoms with E-state index in [1.807, 2.05) is 26.0 Å². The van der Waals surface area contributed by atoms with E-state index in [1.54, 1.807) is 31.2 Å². The lowest BCUT2D eigenvalue weighted by molar-refractivity contribution is -0.123. The van der Waals surface area contributed by atoms with Crippen LogP contribution in [0.5, 0.6) is 17.2 Å². The van der Waals surface area contributed by atoms with Crippen LogP contribution in [0.3, 0.4) is 0 Å². The van der Waals surface area contributed by atoms with Crippen LogP contribution in [0, 0.1) is 19.7 Å². The predicted molar refractivity (Wildman–Crippen MR) is 126 cm³/mol. The Hall–Kier alpha value is -4.20. The molecule has 34 heavy (non-hydrogen) atoms. The monoisotopic (exact) mass is 464 g/mol. The zero-order valence-corrected chi connectivity index (χ0v) is 19.1. The third kappa shape index (κ3) is 6.65. The highest BCUT2D eigenvalue weighted by atomic mass is 19.1. The van der Waals surface area contributed by atoms with Crippen LogP contribution >= 0.6 is 0 Å². The van der Waals surface area contributed by atoms with Gasteiger partial charge >= 0.3 is 5.97 Å². The molecule has 7 nitrogen and oxygen atoms in total. The van der Waals surface area contributed by atoms with Crippen molar-refractivity contribution in [1.29, 1.82) is 0 Å². The maximum Gasteiger partial charge on any atom is 0.343 e. The van der Waals surface area contributed by atoms with Gasteiger partial charge in [-0.1, -0.05) is 12.1 Å². The van der Waals surface area contributed by atoms with Gasteiger partial charge in [-0.05, 0) is 86.0 Å². The second-order valence-corrected chi connectivity index (χ2v) is 7.32. The second-order valence-electron chi connectivity index (χ2n) is 7.32. The van der Waals surface area contributed by atoms with E-state index in [4.69, 9.17) is 14.2 Å². The lowest BCUT2D eigenvalue weighted by Gasteiger charge is -2.11. The molecule has 0 aliphatic rings. The van der Waals surface area contributed by atoms with Gasteiger partial charge in [0.15, 0.2) is 18.1 Å². The highest BCUT2D eigenvalue weighted by Gasteiger charge is 2.13. The summed E-state index contributed by atoms with van der Waals surface area (Å²) in [4.78, 5) is 24.4. The Labute approximate surface area is 197 Å². The zero-order chi connectivity index (χ0) is 24.5. The van der Waals surface area contributed by atoms with Gasteiger partial charge < -0.3 is 14.2 Å². The van der Waals surface area contributed by atoms with Crippen LogP contribution in [0.25, 0.3) is 0 Å². The number of halogens is 1. The minimum atomic E-state index is -0.640. The Bertz CT molecular complexity index is 1190. The van der Waals surface area contributed by atoms with Crippen LogP contribution in [0.15, 0.2) is 65.8 Å². The Morgan fingerprint density at radius 1 is 0.971 bits per heavy atom. The van der Waals surface area contributed by atoms with Crippen molar-refractivity contribution in [3.63, 3.8) is 0 Å². The molecule has 1 amide bonds. The van der Waals surface area contributed by atoms with Crippen LogP contribution in [0.1, 0.15) is 34.0 Å². The van der Waals surface area contributed by atoms with Crippen molar-refractivity contribution in [3.8, 4) is 17.2 Å². The number of hydrogen-bond acceptors (Lipinski definition) is 6. The van der Waals surface area contributed by atoms with E-state index in [0.717, 1.165) is 11.1 Å². The van der Waals surface area contributed by atoms with Gasteiger partial charge in [0.2, 0.25) is 0 Å². The molecule has 176 valence electrons. The lowest BCUT2D eigenvalue weighted by atomic mass is 10.1. The molecular formula is C26H25FN2O5. The van der Waals surface area contributed by atoms with Gasteiger partial charge in [-0.2, -0.15) is 5.10 Å². The molecule has 0 saturated carbocycles. The highest BCUT2D eigenvalue weighted by molar-refractivity contribution is 5.91. The summed E-state index contributed by atoms with van der Waals surface area (Å²) in [7, 11) is 0. The second kappa shape index (κ2) is 11.6. The van der Waals surface area contributed by atoms with Crippen molar-refractivity contribution in [1.82, 2.24) is 5.43 Å². The molecule has 0 radical (unpaired) electrons. The number of ether oxygens (including phenoxy) is 3. The molecule has 0 saturated heterocycles. The first-order valence-corrected chi connectivity index (χ1v) is 10.6. The Kier molecular flexibility index (Phi) is 8.34. The van der Waals surface area contributed by atoms with Gasteiger partial charge in [0.1, 0.15) is 11.6 Å². The minimum Gasteiger partial charge on any atom is -0.490 e. The van der Waals surface area contributed by atoms with Gasteiger partial charge in [-0.25, -0.2) is 14.6 Å².